The summed E-state index contributed by atoms with van der Waals surface area (Å²) in [6.45, 7) is 6.34. The Morgan fingerprint density at radius 3 is 1.06 bits per heavy atom. The Morgan fingerprint density at radius 1 is 0.364 bits per heavy atom. The molecule has 0 saturated heterocycles. The molecule has 0 saturated carbocycles. The average molecular weight is 427 g/mol. The highest BCUT2D eigenvalue weighted by Crippen LogP contribution is 2.37. The summed E-state index contributed by atoms with van der Waals surface area (Å²) in [4.78, 5) is 10.6. The molecule has 33 heavy (non-hydrogen) atoms. The Morgan fingerprint density at radius 2 is 0.697 bits per heavy atom. The van der Waals surface area contributed by atoms with E-state index in [1.54, 1.807) is 0 Å². The van der Waals surface area contributed by atoms with Crippen LogP contribution in [-0.4, -0.2) is 9.97 Å². The average Bonchev–Trinajstić information content (AvgIpc) is 2.84. The number of benzene rings is 4. The highest BCUT2D eigenvalue weighted by Gasteiger charge is 2.19. The van der Waals surface area contributed by atoms with Crippen molar-refractivity contribution < 1.29 is 0 Å². The molecular formula is C31H26N2. The quantitative estimate of drug-likeness (QED) is 0.290. The van der Waals surface area contributed by atoms with Gasteiger partial charge in [0.15, 0.2) is 0 Å². The fourth-order valence-electron chi connectivity index (χ4n) is 4.21. The van der Waals surface area contributed by atoms with Gasteiger partial charge in [0.05, 0.1) is 22.8 Å². The number of hydrogen-bond donors (Lipinski definition) is 0. The Hall–Kier alpha value is -4.04. The molecule has 0 fully saturated rings. The van der Waals surface area contributed by atoms with Gasteiger partial charge in [-0.2, -0.15) is 0 Å². The van der Waals surface area contributed by atoms with Crippen LogP contribution in [0.4, 0.5) is 0 Å². The van der Waals surface area contributed by atoms with E-state index in [9.17, 15) is 0 Å². The van der Waals surface area contributed by atoms with E-state index in [0.29, 0.717) is 0 Å². The third-order valence-corrected chi connectivity index (χ3v) is 5.82. The van der Waals surface area contributed by atoms with E-state index >= 15 is 0 Å². The van der Waals surface area contributed by atoms with Crippen molar-refractivity contribution in [2.75, 3.05) is 0 Å². The van der Waals surface area contributed by atoms with Crippen LogP contribution in [0, 0.1) is 20.8 Å². The number of aromatic nitrogens is 2. The van der Waals surface area contributed by atoms with Crippen LogP contribution in [0.2, 0.25) is 0 Å². The van der Waals surface area contributed by atoms with Crippen LogP contribution in [0.5, 0.6) is 0 Å². The number of aryl methyl sites for hydroxylation is 3. The molecule has 0 aliphatic heterocycles. The standard InChI is InChI=1S/C31H26N2/c1-21-10-7-15-25(18-21)29-28(24-13-5-4-6-14-24)32-30(26-16-8-11-22(2)19-26)31(33-29)27-17-9-12-23(3)20-27/h4-20H,1-3H3. The lowest BCUT2D eigenvalue weighted by Crippen LogP contribution is -2.01. The molecule has 0 aliphatic rings. The molecule has 2 nitrogen and oxygen atoms in total. The van der Waals surface area contributed by atoms with Gasteiger partial charge in [-0.05, 0) is 39.0 Å². The normalized spacial score (nSPS) is 10.9. The smallest absolute Gasteiger partial charge is 0.0973 e. The molecule has 0 amide bonds. The van der Waals surface area contributed by atoms with Gasteiger partial charge < -0.3 is 0 Å². The Labute approximate surface area is 195 Å². The second-order valence-corrected chi connectivity index (χ2v) is 8.59. The maximum atomic E-state index is 5.32. The van der Waals surface area contributed by atoms with Gasteiger partial charge in [0, 0.05) is 22.3 Å². The van der Waals surface area contributed by atoms with Gasteiger partial charge in [-0.25, -0.2) is 9.97 Å². The van der Waals surface area contributed by atoms with E-state index in [1.165, 1.54) is 16.7 Å². The zero-order valence-electron chi connectivity index (χ0n) is 19.2. The highest BCUT2D eigenvalue weighted by atomic mass is 14.9. The molecule has 0 atom stereocenters. The molecule has 0 bridgehead atoms. The third kappa shape index (κ3) is 4.33. The summed E-state index contributed by atoms with van der Waals surface area (Å²) in [5.74, 6) is 0. The van der Waals surface area contributed by atoms with Crippen molar-refractivity contribution in [2.45, 2.75) is 20.8 Å². The van der Waals surface area contributed by atoms with Crippen molar-refractivity contribution in [3.05, 3.63) is 120 Å². The first kappa shape index (κ1) is 20.8. The predicted octanol–water partition coefficient (Wildman–Crippen LogP) is 8.07. The zero-order valence-corrected chi connectivity index (χ0v) is 19.2. The van der Waals surface area contributed by atoms with Gasteiger partial charge in [0.2, 0.25) is 0 Å². The summed E-state index contributed by atoms with van der Waals surface area (Å²) < 4.78 is 0. The maximum Gasteiger partial charge on any atom is 0.0973 e. The summed E-state index contributed by atoms with van der Waals surface area (Å²) in [7, 11) is 0. The van der Waals surface area contributed by atoms with Crippen LogP contribution >= 0.6 is 0 Å². The topological polar surface area (TPSA) is 25.8 Å². The number of rotatable bonds is 4. The van der Waals surface area contributed by atoms with E-state index in [0.717, 1.165) is 45.0 Å². The Kier molecular flexibility index (Phi) is 5.58. The largest absolute Gasteiger partial charge is 0.243 e. The van der Waals surface area contributed by atoms with Crippen molar-refractivity contribution in [1.29, 1.82) is 0 Å². The van der Waals surface area contributed by atoms with Crippen molar-refractivity contribution in [2.24, 2.45) is 0 Å². The predicted molar refractivity (Wildman–Crippen MR) is 138 cm³/mol. The van der Waals surface area contributed by atoms with Gasteiger partial charge >= 0.3 is 0 Å². The molecular weight excluding hydrogens is 400 g/mol. The first-order valence-electron chi connectivity index (χ1n) is 11.3. The first-order chi connectivity index (χ1) is 16.1. The molecule has 0 unspecified atom stereocenters. The van der Waals surface area contributed by atoms with Crippen molar-refractivity contribution in [3.8, 4) is 45.0 Å². The molecule has 0 aliphatic carbocycles. The van der Waals surface area contributed by atoms with E-state index in [4.69, 9.17) is 9.97 Å². The summed E-state index contributed by atoms with van der Waals surface area (Å²) in [5, 5.41) is 0. The van der Waals surface area contributed by atoms with E-state index < -0.39 is 0 Å². The van der Waals surface area contributed by atoms with Crippen LogP contribution in [0.1, 0.15) is 16.7 Å². The molecule has 0 radical (unpaired) electrons. The molecule has 1 heterocycles. The summed E-state index contributed by atoms with van der Waals surface area (Å²) in [5.41, 5.74) is 11.5. The van der Waals surface area contributed by atoms with Crippen molar-refractivity contribution >= 4 is 0 Å². The van der Waals surface area contributed by atoms with E-state index in [-0.39, 0.29) is 0 Å². The number of nitrogens with zero attached hydrogens (tertiary/aromatic N) is 2. The van der Waals surface area contributed by atoms with Crippen molar-refractivity contribution in [3.63, 3.8) is 0 Å². The summed E-state index contributed by atoms with van der Waals surface area (Å²) in [6.07, 6.45) is 0. The van der Waals surface area contributed by atoms with Gasteiger partial charge in [-0.1, -0.05) is 102 Å². The van der Waals surface area contributed by atoms with Crippen LogP contribution in [0.15, 0.2) is 103 Å². The molecule has 5 rings (SSSR count). The number of hydrogen-bond acceptors (Lipinski definition) is 2. The van der Waals surface area contributed by atoms with Gasteiger partial charge in [0.1, 0.15) is 0 Å². The molecule has 0 spiro atoms. The zero-order chi connectivity index (χ0) is 22.8. The molecule has 5 aromatic rings. The SMILES string of the molecule is Cc1cccc(-c2nc(-c3cccc(C)c3)c(-c3cccc(C)c3)nc2-c2ccccc2)c1. The lowest BCUT2D eigenvalue weighted by atomic mass is 9.97. The Balaban J connectivity index is 1.87. The van der Waals surface area contributed by atoms with Crippen molar-refractivity contribution in [1.82, 2.24) is 9.97 Å². The minimum absolute atomic E-state index is 0.897. The highest BCUT2D eigenvalue weighted by molar-refractivity contribution is 5.86. The maximum absolute atomic E-state index is 5.32. The molecule has 1 aromatic heterocycles. The Bertz CT molecular complexity index is 1440. The molecule has 4 aromatic carbocycles. The fourth-order valence-corrected chi connectivity index (χ4v) is 4.21. The summed E-state index contributed by atoms with van der Waals surface area (Å²) in [6, 6.07) is 35.9. The second kappa shape index (κ2) is 8.84. The van der Waals surface area contributed by atoms with Crippen LogP contribution < -0.4 is 0 Å². The van der Waals surface area contributed by atoms with E-state index in [1.807, 2.05) is 6.07 Å². The second-order valence-electron chi connectivity index (χ2n) is 8.59. The summed E-state index contributed by atoms with van der Waals surface area (Å²) >= 11 is 0. The van der Waals surface area contributed by atoms with E-state index in [2.05, 4.69) is 118 Å². The van der Waals surface area contributed by atoms with Gasteiger partial charge in [-0.15, -0.1) is 0 Å². The lowest BCUT2D eigenvalue weighted by Gasteiger charge is -2.16. The minimum atomic E-state index is 0.897. The van der Waals surface area contributed by atoms with Gasteiger partial charge in [0.25, 0.3) is 0 Å². The van der Waals surface area contributed by atoms with Gasteiger partial charge in [-0.3, -0.25) is 0 Å². The minimum Gasteiger partial charge on any atom is -0.243 e. The van der Waals surface area contributed by atoms with Crippen LogP contribution in [0.25, 0.3) is 45.0 Å². The lowest BCUT2D eigenvalue weighted by molar-refractivity contribution is 1.21. The molecule has 2 heteroatoms. The monoisotopic (exact) mass is 426 g/mol. The van der Waals surface area contributed by atoms with Crippen LogP contribution in [-0.2, 0) is 0 Å². The fraction of sp³-hybridized carbons (Fsp3) is 0.0968. The third-order valence-electron chi connectivity index (χ3n) is 5.82. The molecule has 160 valence electrons. The first-order valence-corrected chi connectivity index (χ1v) is 11.3. The van der Waals surface area contributed by atoms with Crippen LogP contribution in [0.3, 0.4) is 0 Å². The molecule has 0 N–H and O–H groups in total.